The molecule has 0 aliphatic carbocycles. The monoisotopic (exact) mass is 381 g/mol. The number of nitrogens with one attached hydrogen (secondary N) is 1. The van der Waals surface area contributed by atoms with Crippen LogP contribution in [0.15, 0.2) is 48.5 Å². The summed E-state index contributed by atoms with van der Waals surface area (Å²) in [5.74, 6) is -0.571. The van der Waals surface area contributed by atoms with Crippen LogP contribution in [0.5, 0.6) is 5.75 Å². The lowest BCUT2D eigenvalue weighted by Gasteiger charge is -2.38. The van der Waals surface area contributed by atoms with Gasteiger partial charge in [0.1, 0.15) is 5.75 Å². The maximum atomic E-state index is 13.4. The van der Waals surface area contributed by atoms with Gasteiger partial charge in [0.15, 0.2) is 5.78 Å². The Morgan fingerprint density at radius 1 is 1.16 bits per heavy atom. The van der Waals surface area contributed by atoms with Crippen molar-refractivity contribution in [3.8, 4) is 5.75 Å². The van der Waals surface area contributed by atoms with E-state index in [1.165, 1.54) is 0 Å². The van der Waals surface area contributed by atoms with Gasteiger partial charge in [-0.2, -0.15) is 0 Å². The minimum absolute atomic E-state index is 0.134. The molecular formula is C18H21ClNO4P. The van der Waals surface area contributed by atoms with E-state index in [1.807, 2.05) is 19.9 Å². The summed E-state index contributed by atoms with van der Waals surface area (Å²) in [7, 11) is -3.46. The van der Waals surface area contributed by atoms with Crippen LogP contribution < -0.4 is 5.32 Å². The number of hydrogen-bond acceptors (Lipinski definition) is 5. The molecule has 0 aromatic heterocycles. The zero-order chi connectivity index (χ0) is 18.1. The number of benzene rings is 2. The topological polar surface area (TPSA) is 67.8 Å². The van der Waals surface area contributed by atoms with Crippen molar-refractivity contribution >= 4 is 24.9 Å². The number of aromatic hydroxyl groups is 1. The summed E-state index contributed by atoms with van der Waals surface area (Å²) in [4.78, 5) is 0. The molecule has 1 fully saturated rings. The molecule has 0 spiro atoms. The summed E-state index contributed by atoms with van der Waals surface area (Å²) in [6, 6.07) is 13.6. The van der Waals surface area contributed by atoms with Gasteiger partial charge in [0.25, 0.3) is 0 Å². The van der Waals surface area contributed by atoms with E-state index < -0.39 is 13.4 Å². The lowest BCUT2D eigenvalue weighted by Crippen LogP contribution is -2.31. The van der Waals surface area contributed by atoms with Crippen molar-refractivity contribution in [3.63, 3.8) is 0 Å². The van der Waals surface area contributed by atoms with Crippen molar-refractivity contribution < 1.29 is 18.7 Å². The normalized spacial score (nSPS) is 20.0. The largest absolute Gasteiger partial charge is 0.508 e. The van der Waals surface area contributed by atoms with Crippen LogP contribution in [-0.2, 0) is 13.6 Å². The molecule has 7 heteroatoms. The van der Waals surface area contributed by atoms with Gasteiger partial charge in [-0.3, -0.25) is 4.57 Å². The van der Waals surface area contributed by atoms with E-state index in [1.54, 1.807) is 42.5 Å². The standard InChI is InChI=1S/C18H21ClNO4P/c1-18(2)11-23-25(22,24-12-18)17(13-6-8-16(21)9-7-13)20-15-5-3-4-14(19)10-15/h3-10,17,20-21H,11-12H2,1-2H3/t17-/m0/s1. The summed E-state index contributed by atoms with van der Waals surface area (Å²) in [6.45, 7) is 4.68. The Balaban J connectivity index is 1.94. The highest BCUT2D eigenvalue weighted by Crippen LogP contribution is 2.64. The van der Waals surface area contributed by atoms with Crippen molar-refractivity contribution in [2.75, 3.05) is 18.5 Å². The second-order valence-corrected chi connectivity index (χ2v) is 9.45. The fraction of sp³-hybridized carbons (Fsp3) is 0.333. The first kappa shape index (κ1) is 18.3. The van der Waals surface area contributed by atoms with Crippen LogP contribution in [0.4, 0.5) is 5.69 Å². The van der Waals surface area contributed by atoms with Crippen LogP contribution in [-0.4, -0.2) is 18.3 Å². The molecule has 1 aliphatic rings. The zero-order valence-corrected chi connectivity index (χ0v) is 15.8. The molecule has 2 N–H and O–H groups in total. The minimum atomic E-state index is -3.46. The second kappa shape index (κ2) is 7.00. The number of hydrogen-bond donors (Lipinski definition) is 2. The Hall–Kier alpha value is -1.52. The first-order valence-corrected chi connectivity index (χ1v) is 9.96. The van der Waals surface area contributed by atoms with Gasteiger partial charge in [0.2, 0.25) is 0 Å². The summed E-state index contributed by atoms with van der Waals surface area (Å²) in [5.41, 5.74) is 1.21. The van der Waals surface area contributed by atoms with Crippen molar-refractivity contribution in [2.24, 2.45) is 5.41 Å². The molecule has 0 bridgehead atoms. The third-order valence-corrected chi connectivity index (χ3v) is 6.20. The fourth-order valence-electron chi connectivity index (χ4n) is 2.50. The third kappa shape index (κ3) is 4.36. The van der Waals surface area contributed by atoms with E-state index in [0.29, 0.717) is 29.5 Å². The maximum absolute atomic E-state index is 13.4. The van der Waals surface area contributed by atoms with Gasteiger partial charge < -0.3 is 19.5 Å². The first-order valence-electron chi connectivity index (χ1n) is 7.97. The van der Waals surface area contributed by atoms with Crippen molar-refractivity contribution in [1.29, 1.82) is 0 Å². The molecule has 0 amide bonds. The SMILES string of the molecule is CC1(C)COP(=O)([C@H](Nc2cccc(Cl)c2)c2ccc(O)cc2)OC1. The number of halogens is 1. The molecule has 1 atom stereocenters. The van der Waals surface area contributed by atoms with Crippen molar-refractivity contribution in [3.05, 3.63) is 59.1 Å². The van der Waals surface area contributed by atoms with Crippen LogP contribution >= 0.6 is 19.2 Å². The van der Waals surface area contributed by atoms with Crippen LogP contribution in [0, 0.1) is 5.41 Å². The smallest absolute Gasteiger partial charge is 0.357 e. The van der Waals surface area contributed by atoms with Crippen molar-refractivity contribution in [1.82, 2.24) is 0 Å². The van der Waals surface area contributed by atoms with Crippen LogP contribution in [0.2, 0.25) is 5.02 Å². The molecule has 0 unspecified atom stereocenters. The lowest BCUT2D eigenvalue weighted by atomic mass is 9.97. The molecule has 25 heavy (non-hydrogen) atoms. The summed E-state index contributed by atoms with van der Waals surface area (Å²) in [5, 5.41) is 13.3. The lowest BCUT2D eigenvalue weighted by molar-refractivity contribution is 0.0387. The highest BCUT2D eigenvalue weighted by atomic mass is 35.5. The minimum Gasteiger partial charge on any atom is -0.508 e. The molecule has 3 rings (SSSR count). The maximum Gasteiger partial charge on any atom is 0.357 e. The number of anilines is 1. The van der Waals surface area contributed by atoms with Gasteiger partial charge >= 0.3 is 7.60 Å². The fourth-order valence-corrected chi connectivity index (χ4v) is 4.96. The molecule has 2 aromatic rings. The highest BCUT2D eigenvalue weighted by molar-refractivity contribution is 7.54. The van der Waals surface area contributed by atoms with Gasteiger partial charge in [0, 0.05) is 16.1 Å². The zero-order valence-electron chi connectivity index (χ0n) is 14.1. The summed E-state index contributed by atoms with van der Waals surface area (Å²) >= 11 is 6.05. The number of phenols is 1. The molecule has 1 saturated heterocycles. The van der Waals surface area contributed by atoms with E-state index >= 15 is 0 Å². The molecule has 1 aliphatic heterocycles. The first-order chi connectivity index (χ1) is 11.8. The van der Waals surface area contributed by atoms with E-state index in [0.717, 1.165) is 0 Å². The number of rotatable bonds is 4. The van der Waals surface area contributed by atoms with Gasteiger partial charge in [-0.15, -0.1) is 0 Å². The average molecular weight is 382 g/mol. The van der Waals surface area contributed by atoms with Crippen LogP contribution in [0.25, 0.3) is 0 Å². The van der Waals surface area contributed by atoms with Gasteiger partial charge in [-0.1, -0.05) is 43.6 Å². The predicted molar refractivity (Wildman–Crippen MR) is 99.2 cm³/mol. The van der Waals surface area contributed by atoms with Crippen LogP contribution in [0.3, 0.4) is 0 Å². The third-order valence-electron chi connectivity index (χ3n) is 3.92. The molecule has 134 valence electrons. The average Bonchev–Trinajstić information content (AvgIpc) is 2.57. The molecule has 2 aromatic carbocycles. The van der Waals surface area contributed by atoms with Gasteiger partial charge in [-0.05, 0) is 35.9 Å². The summed E-state index contributed by atoms with van der Waals surface area (Å²) in [6.07, 6.45) is 0. The van der Waals surface area contributed by atoms with E-state index in [9.17, 15) is 9.67 Å². The quantitative estimate of drug-likeness (QED) is 0.692. The predicted octanol–water partition coefficient (Wildman–Crippen LogP) is 5.42. The molecule has 0 saturated carbocycles. The van der Waals surface area contributed by atoms with E-state index in [-0.39, 0.29) is 11.2 Å². The molecule has 0 radical (unpaired) electrons. The van der Waals surface area contributed by atoms with Gasteiger partial charge in [-0.25, -0.2) is 0 Å². The van der Waals surface area contributed by atoms with E-state index in [4.69, 9.17) is 20.6 Å². The van der Waals surface area contributed by atoms with Gasteiger partial charge in [0.05, 0.1) is 13.2 Å². The van der Waals surface area contributed by atoms with Crippen LogP contribution in [0.1, 0.15) is 25.2 Å². The molecule has 1 heterocycles. The second-order valence-electron chi connectivity index (χ2n) is 6.90. The number of phenolic OH excluding ortho intramolecular Hbond substituents is 1. The molecule has 5 nitrogen and oxygen atoms in total. The Labute approximate surface area is 152 Å². The Morgan fingerprint density at radius 2 is 1.80 bits per heavy atom. The Kier molecular flexibility index (Phi) is 5.12. The highest BCUT2D eigenvalue weighted by Gasteiger charge is 2.43. The molecular weight excluding hydrogens is 361 g/mol. The summed E-state index contributed by atoms with van der Waals surface area (Å²) < 4.78 is 24.8. The van der Waals surface area contributed by atoms with Crippen molar-refractivity contribution in [2.45, 2.75) is 19.6 Å². The Morgan fingerprint density at radius 3 is 2.40 bits per heavy atom. The Bertz CT molecular complexity index is 780. The van der Waals surface area contributed by atoms with E-state index in [2.05, 4.69) is 5.32 Å².